The van der Waals surface area contributed by atoms with Gasteiger partial charge in [-0.1, -0.05) is 59.9 Å². The zero-order valence-electron chi connectivity index (χ0n) is 14.3. The summed E-state index contributed by atoms with van der Waals surface area (Å²) >= 11 is 1.31. The molecule has 4 rings (SSSR count). The van der Waals surface area contributed by atoms with Crippen LogP contribution in [0.3, 0.4) is 0 Å². The van der Waals surface area contributed by atoms with Gasteiger partial charge in [0, 0.05) is 5.92 Å². The van der Waals surface area contributed by atoms with Crippen LogP contribution in [-0.4, -0.2) is 21.2 Å². The van der Waals surface area contributed by atoms with Crippen LogP contribution in [0.25, 0.3) is 0 Å². The lowest BCUT2D eigenvalue weighted by molar-refractivity contribution is -0.125. The highest BCUT2D eigenvalue weighted by molar-refractivity contribution is 7.13. The van der Waals surface area contributed by atoms with Crippen LogP contribution in [-0.2, 0) is 17.8 Å². The molecule has 2 aromatic carbocycles. The van der Waals surface area contributed by atoms with Crippen molar-refractivity contribution < 1.29 is 9.90 Å². The number of benzene rings is 2. The Morgan fingerprint density at radius 2 is 2.12 bits per heavy atom. The molecule has 0 aliphatic heterocycles. The predicted octanol–water partition coefficient (Wildman–Crippen LogP) is 3.36. The van der Waals surface area contributed by atoms with Crippen molar-refractivity contribution in [2.24, 2.45) is 5.41 Å². The molecule has 0 saturated carbocycles. The van der Waals surface area contributed by atoms with Gasteiger partial charge in [0.25, 0.3) is 0 Å². The van der Waals surface area contributed by atoms with Crippen molar-refractivity contribution in [2.45, 2.75) is 25.9 Å². The molecule has 26 heavy (non-hydrogen) atoms. The topological polar surface area (TPSA) is 75.1 Å². The fourth-order valence-corrected chi connectivity index (χ4v) is 4.33. The molecule has 1 aromatic heterocycles. The average molecular weight is 365 g/mol. The van der Waals surface area contributed by atoms with Gasteiger partial charge in [0.15, 0.2) is 0 Å². The summed E-state index contributed by atoms with van der Waals surface area (Å²) < 4.78 is 0. The smallest absolute Gasteiger partial charge is 0.233 e. The quantitative estimate of drug-likeness (QED) is 0.743. The minimum Gasteiger partial charge on any atom is -0.392 e. The minimum absolute atomic E-state index is 0.0114. The van der Waals surface area contributed by atoms with E-state index in [1.54, 1.807) is 5.51 Å². The molecule has 0 bridgehead atoms. The number of fused-ring (bicyclic) bond motifs is 1. The summed E-state index contributed by atoms with van der Waals surface area (Å²) in [4.78, 5) is 13.2. The van der Waals surface area contributed by atoms with E-state index in [1.165, 1.54) is 11.3 Å². The van der Waals surface area contributed by atoms with Gasteiger partial charge >= 0.3 is 0 Å². The number of anilines is 1. The predicted molar refractivity (Wildman–Crippen MR) is 101 cm³/mol. The number of hydrogen-bond donors (Lipinski definition) is 2. The van der Waals surface area contributed by atoms with Crippen molar-refractivity contribution in [1.29, 1.82) is 0 Å². The third-order valence-corrected chi connectivity index (χ3v) is 5.74. The summed E-state index contributed by atoms with van der Waals surface area (Å²) in [5, 5.41) is 20.7. The fraction of sp³-hybridized carbons (Fsp3) is 0.250. The molecule has 3 aromatic rings. The molecule has 0 spiro atoms. The second-order valence-electron chi connectivity index (χ2n) is 6.83. The van der Waals surface area contributed by atoms with Crippen LogP contribution in [0.15, 0.2) is 54.0 Å². The van der Waals surface area contributed by atoms with E-state index in [2.05, 4.69) is 27.6 Å². The van der Waals surface area contributed by atoms with E-state index in [0.717, 1.165) is 22.3 Å². The number of nitrogens with zero attached hydrogens (tertiary/aromatic N) is 2. The Bertz CT molecular complexity index is 927. The van der Waals surface area contributed by atoms with Gasteiger partial charge in [-0.25, -0.2) is 0 Å². The molecule has 0 radical (unpaired) electrons. The molecule has 132 valence electrons. The largest absolute Gasteiger partial charge is 0.392 e. The van der Waals surface area contributed by atoms with Gasteiger partial charge in [0.05, 0.1) is 12.0 Å². The molecule has 2 unspecified atom stereocenters. The Morgan fingerprint density at radius 3 is 2.81 bits per heavy atom. The summed E-state index contributed by atoms with van der Waals surface area (Å²) in [7, 11) is 0. The summed E-state index contributed by atoms with van der Waals surface area (Å²) in [5.74, 6) is -0.150. The first kappa shape index (κ1) is 16.9. The molecule has 2 atom stereocenters. The summed E-state index contributed by atoms with van der Waals surface area (Å²) in [6.45, 7) is 1.99. The second kappa shape index (κ2) is 6.63. The normalized spacial score (nSPS) is 21.4. The lowest BCUT2D eigenvalue weighted by atomic mass is 9.73. The van der Waals surface area contributed by atoms with Crippen LogP contribution in [0.2, 0.25) is 0 Å². The highest BCUT2D eigenvalue weighted by Crippen LogP contribution is 2.51. The maximum atomic E-state index is 13.2. The molecular weight excluding hydrogens is 346 g/mol. The monoisotopic (exact) mass is 365 g/mol. The van der Waals surface area contributed by atoms with Gasteiger partial charge in [-0.3, -0.25) is 4.79 Å². The Morgan fingerprint density at radius 1 is 1.31 bits per heavy atom. The van der Waals surface area contributed by atoms with E-state index in [0.29, 0.717) is 11.6 Å². The maximum Gasteiger partial charge on any atom is 0.233 e. The summed E-state index contributed by atoms with van der Waals surface area (Å²) in [6.07, 6.45) is 0.637. The number of carbonyl (C=O) groups excluding carboxylic acids is 1. The van der Waals surface area contributed by atoms with Crippen molar-refractivity contribution in [3.05, 3.63) is 76.3 Å². The van der Waals surface area contributed by atoms with Crippen LogP contribution >= 0.6 is 11.3 Å². The van der Waals surface area contributed by atoms with E-state index in [1.807, 2.05) is 43.3 Å². The lowest BCUT2D eigenvalue weighted by Gasteiger charge is -2.31. The molecule has 0 saturated heterocycles. The van der Waals surface area contributed by atoms with Crippen molar-refractivity contribution in [3.8, 4) is 0 Å². The van der Waals surface area contributed by atoms with E-state index in [4.69, 9.17) is 0 Å². The number of amides is 1. The first-order chi connectivity index (χ1) is 12.6. The van der Waals surface area contributed by atoms with Gasteiger partial charge < -0.3 is 10.4 Å². The number of aliphatic hydroxyl groups is 1. The summed E-state index contributed by atoms with van der Waals surface area (Å²) in [6, 6.07) is 16.1. The zero-order valence-corrected chi connectivity index (χ0v) is 15.2. The Labute approximate surface area is 155 Å². The van der Waals surface area contributed by atoms with Crippen LogP contribution in [0.5, 0.6) is 0 Å². The molecule has 1 amide bonds. The van der Waals surface area contributed by atoms with Gasteiger partial charge in [0.1, 0.15) is 5.51 Å². The number of aliphatic hydroxyl groups excluding tert-OH is 1. The van der Waals surface area contributed by atoms with Gasteiger partial charge in [-0.05, 0) is 35.6 Å². The molecular formula is C20H19N3O2S. The molecule has 5 nitrogen and oxygen atoms in total. The van der Waals surface area contributed by atoms with Crippen molar-refractivity contribution >= 4 is 22.4 Å². The van der Waals surface area contributed by atoms with E-state index >= 15 is 0 Å². The first-order valence-corrected chi connectivity index (χ1v) is 9.35. The van der Waals surface area contributed by atoms with Crippen molar-refractivity contribution in [1.82, 2.24) is 10.2 Å². The van der Waals surface area contributed by atoms with Gasteiger partial charge in [-0.2, -0.15) is 0 Å². The molecule has 1 heterocycles. The molecule has 2 N–H and O–H groups in total. The van der Waals surface area contributed by atoms with Crippen molar-refractivity contribution in [3.63, 3.8) is 0 Å². The van der Waals surface area contributed by atoms with Gasteiger partial charge in [0.2, 0.25) is 11.0 Å². The van der Waals surface area contributed by atoms with Crippen molar-refractivity contribution in [2.75, 3.05) is 5.32 Å². The maximum absolute atomic E-state index is 13.2. The average Bonchev–Trinajstić information content (AvgIpc) is 3.27. The number of nitrogens with one attached hydrogen (secondary N) is 1. The number of aromatic nitrogens is 2. The molecule has 6 heteroatoms. The minimum atomic E-state index is -0.649. The Kier molecular flexibility index (Phi) is 4.30. The number of carbonyl (C=O) groups is 1. The molecule has 1 aliphatic rings. The van der Waals surface area contributed by atoms with E-state index in [-0.39, 0.29) is 18.4 Å². The standard InChI is InChI=1S/C20H19N3O2S/c1-20(18(25)22-19-23-21-12-26-19)10-15-8-7-13(11-24)9-16(15)17(20)14-5-3-2-4-6-14/h2-9,12,17,24H,10-11H2,1H3,(H,22,23,25). The SMILES string of the molecule is CC1(C(=O)Nc2nncs2)Cc2ccc(CO)cc2C1c1ccccc1. The number of rotatable bonds is 4. The third-order valence-electron chi connectivity index (χ3n) is 5.13. The van der Waals surface area contributed by atoms with Crippen LogP contribution in [0.4, 0.5) is 5.13 Å². The van der Waals surface area contributed by atoms with Crippen LogP contribution in [0, 0.1) is 5.41 Å². The summed E-state index contributed by atoms with van der Waals surface area (Å²) in [5.41, 5.74) is 5.16. The van der Waals surface area contributed by atoms with E-state index in [9.17, 15) is 9.90 Å². The highest BCUT2D eigenvalue weighted by atomic mass is 32.1. The first-order valence-electron chi connectivity index (χ1n) is 8.47. The zero-order chi connectivity index (χ0) is 18.1. The number of hydrogen-bond acceptors (Lipinski definition) is 5. The third kappa shape index (κ3) is 2.81. The molecule has 1 aliphatic carbocycles. The lowest BCUT2D eigenvalue weighted by Crippen LogP contribution is -2.37. The van der Waals surface area contributed by atoms with Gasteiger partial charge in [-0.15, -0.1) is 10.2 Å². The Hall–Kier alpha value is -2.57. The van der Waals surface area contributed by atoms with Crippen LogP contribution < -0.4 is 5.32 Å². The van der Waals surface area contributed by atoms with E-state index < -0.39 is 5.41 Å². The highest BCUT2D eigenvalue weighted by Gasteiger charge is 2.48. The second-order valence-corrected chi connectivity index (χ2v) is 7.66. The fourth-order valence-electron chi connectivity index (χ4n) is 3.89. The Balaban J connectivity index is 1.79. The van der Waals surface area contributed by atoms with Crippen LogP contribution in [0.1, 0.15) is 35.1 Å². The molecule has 0 fully saturated rings.